The van der Waals surface area contributed by atoms with Crippen LogP contribution in [0.1, 0.15) is 12.2 Å². The zero-order valence-corrected chi connectivity index (χ0v) is 8.23. The molecule has 0 radical (unpaired) electrons. The van der Waals surface area contributed by atoms with Crippen LogP contribution in [0.15, 0.2) is 27.3 Å². The van der Waals surface area contributed by atoms with Crippen molar-refractivity contribution in [2.75, 3.05) is 5.88 Å². The van der Waals surface area contributed by atoms with Gasteiger partial charge in [0.05, 0.1) is 10.7 Å². The van der Waals surface area contributed by atoms with Gasteiger partial charge in [0.2, 0.25) is 0 Å². The third kappa shape index (κ3) is 2.72. The van der Waals surface area contributed by atoms with Gasteiger partial charge in [0, 0.05) is 5.88 Å². The van der Waals surface area contributed by atoms with E-state index in [9.17, 15) is 0 Å². The van der Waals surface area contributed by atoms with E-state index >= 15 is 0 Å². The van der Waals surface area contributed by atoms with Gasteiger partial charge in [-0.25, -0.2) is 0 Å². The SMILES string of the molecule is ClCCC=Cc1occc1Br. The maximum atomic E-state index is 5.49. The first kappa shape index (κ1) is 8.88. The van der Waals surface area contributed by atoms with E-state index in [-0.39, 0.29) is 0 Å². The van der Waals surface area contributed by atoms with Crippen LogP contribution in [0.2, 0.25) is 0 Å². The number of alkyl halides is 1. The van der Waals surface area contributed by atoms with E-state index < -0.39 is 0 Å². The normalized spacial score (nSPS) is 11.1. The van der Waals surface area contributed by atoms with Gasteiger partial charge >= 0.3 is 0 Å². The van der Waals surface area contributed by atoms with Crippen molar-refractivity contribution in [3.8, 4) is 0 Å². The molecular weight excluding hydrogens is 227 g/mol. The van der Waals surface area contributed by atoms with Crippen molar-refractivity contribution >= 4 is 33.6 Å². The maximum Gasteiger partial charge on any atom is 0.140 e. The number of furan rings is 1. The number of hydrogen-bond donors (Lipinski definition) is 0. The monoisotopic (exact) mass is 234 g/mol. The second kappa shape index (κ2) is 4.62. The molecule has 0 atom stereocenters. The summed E-state index contributed by atoms with van der Waals surface area (Å²) >= 11 is 8.83. The van der Waals surface area contributed by atoms with Gasteiger partial charge in [-0.3, -0.25) is 0 Å². The molecule has 3 heteroatoms. The van der Waals surface area contributed by atoms with Crippen LogP contribution < -0.4 is 0 Å². The Morgan fingerprint density at radius 3 is 3.00 bits per heavy atom. The Labute approximate surface area is 79.2 Å². The van der Waals surface area contributed by atoms with Crippen molar-refractivity contribution in [3.05, 3.63) is 28.6 Å². The molecule has 60 valence electrons. The molecule has 0 N–H and O–H groups in total. The smallest absolute Gasteiger partial charge is 0.140 e. The van der Waals surface area contributed by atoms with E-state index in [0.717, 1.165) is 16.7 Å². The predicted molar refractivity (Wildman–Crippen MR) is 50.8 cm³/mol. The third-order valence-corrected chi connectivity index (χ3v) is 2.06. The molecule has 1 heterocycles. The number of rotatable bonds is 3. The van der Waals surface area contributed by atoms with E-state index in [4.69, 9.17) is 16.0 Å². The Hall–Kier alpha value is -0.210. The molecule has 0 unspecified atom stereocenters. The van der Waals surface area contributed by atoms with Crippen molar-refractivity contribution < 1.29 is 4.42 Å². The Balaban J connectivity index is 2.56. The van der Waals surface area contributed by atoms with Gasteiger partial charge in [-0.2, -0.15) is 0 Å². The minimum absolute atomic E-state index is 0.648. The lowest BCUT2D eigenvalue weighted by atomic mass is 10.3. The first-order valence-corrected chi connectivity index (χ1v) is 4.63. The summed E-state index contributed by atoms with van der Waals surface area (Å²) in [7, 11) is 0. The highest BCUT2D eigenvalue weighted by Crippen LogP contribution is 2.18. The zero-order valence-electron chi connectivity index (χ0n) is 5.89. The lowest BCUT2D eigenvalue weighted by Gasteiger charge is -1.85. The van der Waals surface area contributed by atoms with Crippen molar-refractivity contribution in [1.82, 2.24) is 0 Å². The second-order valence-electron chi connectivity index (χ2n) is 2.01. The van der Waals surface area contributed by atoms with E-state index in [0.29, 0.717) is 5.88 Å². The fourth-order valence-corrected chi connectivity index (χ4v) is 1.14. The summed E-state index contributed by atoms with van der Waals surface area (Å²) in [4.78, 5) is 0. The molecule has 0 saturated heterocycles. The molecule has 0 aliphatic carbocycles. The Morgan fingerprint density at radius 2 is 2.45 bits per heavy atom. The van der Waals surface area contributed by atoms with Crippen LogP contribution in [0.3, 0.4) is 0 Å². The Kier molecular flexibility index (Phi) is 3.73. The first-order chi connectivity index (χ1) is 5.34. The highest BCUT2D eigenvalue weighted by molar-refractivity contribution is 9.10. The van der Waals surface area contributed by atoms with Gasteiger partial charge < -0.3 is 4.42 Å². The highest BCUT2D eigenvalue weighted by Gasteiger charge is 1.96. The summed E-state index contributed by atoms with van der Waals surface area (Å²) in [6, 6.07) is 1.86. The van der Waals surface area contributed by atoms with Crippen LogP contribution in [0, 0.1) is 0 Å². The van der Waals surface area contributed by atoms with Crippen LogP contribution in [0.5, 0.6) is 0 Å². The molecular formula is C8H8BrClO. The van der Waals surface area contributed by atoms with Crippen LogP contribution >= 0.6 is 27.5 Å². The summed E-state index contributed by atoms with van der Waals surface area (Å²) in [6.45, 7) is 0. The van der Waals surface area contributed by atoms with Crippen LogP contribution in [0.25, 0.3) is 6.08 Å². The molecule has 1 nitrogen and oxygen atoms in total. The van der Waals surface area contributed by atoms with Gasteiger partial charge in [0.25, 0.3) is 0 Å². The quantitative estimate of drug-likeness (QED) is 0.729. The number of halogens is 2. The summed E-state index contributed by atoms with van der Waals surface area (Å²) in [5, 5.41) is 0. The summed E-state index contributed by atoms with van der Waals surface area (Å²) < 4.78 is 6.11. The molecule has 1 rings (SSSR count). The molecule has 0 amide bonds. The average molecular weight is 236 g/mol. The third-order valence-electron chi connectivity index (χ3n) is 1.19. The molecule has 0 aliphatic rings. The lowest BCUT2D eigenvalue weighted by Crippen LogP contribution is -1.67. The Morgan fingerprint density at radius 1 is 1.64 bits per heavy atom. The second-order valence-corrected chi connectivity index (χ2v) is 3.25. The summed E-state index contributed by atoms with van der Waals surface area (Å²) in [5.41, 5.74) is 0. The summed E-state index contributed by atoms with van der Waals surface area (Å²) in [5.74, 6) is 1.49. The van der Waals surface area contributed by atoms with Crippen LogP contribution in [0.4, 0.5) is 0 Å². The highest BCUT2D eigenvalue weighted by atomic mass is 79.9. The van der Waals surface area contributed by atoms with E-state index in [1.54, 1.807) is 6.26 Å². The maximum absolute atomic E-state index is 5.49. The largest absolute Gasteiger partial charge is 0.464 e. The molecule has 0 aromatic carbocycles. The van der Waals surface area contributed by atoms with Crippen molar-refractivity contribution in [1.29, 1.82) is 0 Å². The molecule has 11 heavy (non-hydrogen) atoms. The van der Waals surface area contributed by atoms with Gasteiger partial charge in [0.1, 0.15) is 5.76 Å². The minimum atomic E-state index is 0.648. The molecule has 0 spiro atoms. The van der Waals surface area contributed by atoms with Gasteiger partial charge in [-0.15, -0.1) is 11.6 Å². The average Bonchev–Trinajstić information content (AvgIpc) is 2.37. The van der Waals surface area contributed by atoms with Crippen LogP contribution in [-0.4, -0.2) is 5.88 Å². The number of hydrogen-bond acceptors (Lipinski definition) is 1. The molecule has 0 fully saturated rings. The van der Waals surface area contributed by atoms with Crippen molar-refractivity contribution in [2.24, 2.45) is 0 Å². The zero-order chi connectivity index (χ0) is 8.10. The predicted octanol–water partition coefficient (Wildman–Crippen LogP) is 3.68. The number of allylic oxidation sites excluding steroid dienone is 1. The topological polar surface area (TPSA) is 13.1 Å². The first-order valence-electron chi connectivity index (χ1n) is 3.30. The minimum Gasteiger partial charge on any atom is -0.464 e. The van der Waals surface area contributed by atoms with Crippen molar-refractivity contribution in [2.45, 2.75) is 6.42 Å². The van der Waals surface area contributed by atoms with E-state index in [1.807, 2.05) is 18.2 Å². The Bertz CT molecular complexity index is 242. The molecule has 0 aliphatic heterocycles. The van der Waals surface area contributed by atoms with Gasteiger partial charge in [-0.05, 0) is 34.5 Å². The molecule has 1 aromatic heterocycles. The molecule has 0 bridgehead atoms. The fourth-order valence-electron chi connectivity index (χ4n) is 0.678. The lowest BCUT2D eigenvalue weighted by molar-refractivity contribution is 0.555. The fraction of sp³-hybridized carbons (Fsp3) is 0.250. The van der Waals surface area contributed by atoms with Gasteiger partial charge in [0.15, 0.2) is 0 Å². The van der Waals surface area contributed by atoms with Crippen LogP contribution in [-0.2, 0) is 0 Å². The standard InChI is InChI=1S/C8H8BrClO/c9-7-4-6-11-8(7)3-1-2-5-10/h1,3-4,6H,2,5H2. The van der Waals surface area contributed by atoms with Gasteiger partial charge in [-0.1, -0.05) is 6.08 Å². The molecule has 0 saturated carbocycles. The van der Waals surface area contributed by atoms with E-state index in [1.165, 1.54) is 0 Å². The van der Waals surface area contributed by atoms with E-state index in [2.05, 4.69) is 15.9 Å². The summed E-state index contributed by atoms with van der Waals surface area (Å²) in [6.07, 6.45) is 6.40. The molecule has 1 aromatic rings. The van der Waals surface area contributed by atoms with Crippen molar-refractivity contribution in [3.63, 3.8) is 0 Å².